The normalized spacial score (nSPS) is 24.0. The van der Waals surface area contributed by atoms with Crippen LogP contribution in [0.1, 0.15) is 43.6 Å². The van der Waals surface area contributed by atoms with Crippen molar-refractivity contribution in [3.05, 3.63) is 28.2 Å². The Morgan fingerprint density at radius 2 is 1.93 bits per heavy atom. The Hall–Kier alpha value is -1.97. The van der Waals surface area contributed by atoms with Gasteiger partial charge in [0.25, 0.3) is 0 Å². The van der Waals surface area contributed by atoms with Gasteiger partial charge in [-0.25, -0.2) is 0 Å². The fourth-order valence-electron chi connectivity index (χ4n) is 4.35. The van der Waals surface area contributed by atoms with Crippen LogP contribution in [0.5, 0.6) is 5.75 Å². The van der Waals surface area contributed by atoms with E-state index in [0.29, 0.717) is 26.5 Å². The zero-order valence-corrected chi connectivity index (χ0v) is 18.0. The minimum absolute atomic E-state index is 0.0536. The van der Waals surface area contributed by atoms with E-state index in [1.54, 1.807) is 37.5 Å². The van der Waals surface area contributed by atoms with Crippen LogP contribution < -0.4 is 15.1 Å². The van der Waals surface area contributed by atoms with Gasteiger partial charge in [-0.05, 0) is 0 Å². The van der Waals surface area contributed by atoms with Crippen molar-refractivity contribution < 1.29 is 23.1 Å². The standard InChI is InChI=1S/C17H26BN4O6P/c1-5-26-29(25,27-6-2)12-7-9-17(11-12)20(3)16(24)14-15(28-18-19)13(23)8-10-22(14)21(17)4/h8,10,12,19H,5-7,9,11H2,1-4H3/t12-,17?/m1/s1. The molecule has 1 aromatic heterocycles. The molecule has 1 amide bonds. The molecule has 158 valence electrons. The summed E-state index contributed by atoms with van der Waals surface area (Å²) in [5, 5.41) is 9.01. The number of carbonyl (C=O) groups is 1. The van der Waals surface area contributed by atoms with Gasteiger partial charge in [-0.3, -0.25) is 0 Å². The van der Waals surface area contributed by atoms with Gasteiger partial charge in [0.2, 0.25) is 0 Å². The molecule has 12 heteroatoms. The number of nitrogens with zero attached hydrogens (tertiary/aromatic N) is 3. The van der Waals surface area contributed by atoms with Gasteiger partial charge in [-0.15, -0.1) is 0 Å². The van der Waals surface area contributed by atoms with Crippen molar-refractivity contribution in [1.29, 1.82) is 5.31 Å². The summed E-state index contributed by atoms with van der Waals surface area (Å²) >= 11 is 0. The predicted molar refractivity (Wildman–Crippen MR) is 107 cm³/mol. The number of pyridine rings is 1. The van der Waals surface area contributed by atoms with Crippen molar-refractivity contribution in [2.24, 2.45) is 0 Å². The van der Waals surface area contributed by atoms with Gasteiger partial charge in [0, 0.05) is 0 Å². The van der Waals surface area contributed by atoms with Crippen LogP contribution in [-0.4, -0.2) is 61.4 Å². The van der Waals surface area contributed by atoms with Gasteiger partial charge in [0.15, 0.2) is 0 Å². The maximum atomic E-state index is 13.3. The molecule has 0 bridgehead atoms. The molecule has 1 fully saturated rings. The second-order valence-corrected chi connectivity index (χ2v) is 9.41. The molecule has 1 saturated carbocycles. The molecule has 1 unspecified atom stereocenters. The van der Waals surface area contributed by atoms with Crippen LogP contribution in [0.2, 0.25) is 0 Å². The zero-order valence-electron chi connectivity index (χ0n) is 17.1. The number of aromatic nitrogens is 1. The molecule has 1 aliphatic heterocycles. The van der Waals surface area contributed by atoms with Gasteiger partial charge < -0.3 is 0 Å². The fourth-order valence-corrected chi connectivity index (χ4v) is 6.53. The van der Waals surface area contributed by atoms with Gasteiger partial charge in [-0.2, -0.15) is 0 Å². The molecular formula is C17H26BN4O6P. The third-order valence-electron chi connectivity index (χ3n) is 5.77. The molecule has 2 heterocycles. The Balaban J connectivity index is 2.04. The summed E-state index contributed by atoms with van der Waals surface area (Å²) in [4.78, 5) is 27.0. The van der Waals surface area contributed by atoms with E-state index >= 15 is 0 Å². The van der Waals surface area contributed by atoms with Crippen LogP contribution in [-0.2, 0) is 13.6 Å². The van der Waals surface area contributed by atoms with Crippen molar-refractivity contribution >= 4 is 20.8 Å². The first-order valence-corrected chi connectivity index (χ1v) is 11.2. The number of fused-ring (bicyclic) bond motifs is 1. The maximum absolute atomic E-state index is 13.3. The molecule has 1 N–H and O–H groups in total. The van der Waals surface area contributed by atoms with E-state index in [1.807, 2.05) is 5.01 Å². The molecule has 0 aromatic carbocycles. The molecule has 2 atom stereocenters. The first-order chi connectivity index (χ1) is 13.8. The van der Waals surface area contributed by atoms with Gasteiger partial charge in [-0.1, -0.05) is 0 Å². The summed E-state index contributed by atoms with van der Waals surface area (Å²) in [7, 11) is 0.764. The van der Waals surface area contributed by atoms with Crippen LogP contribution in [0.15, 0.2) is 17.1 Å². The second-order valence-electron chi connectivity index (χ2n) is 7.08. The van der Waals surface area contributed by atoms with Crippen molar-refractivity contribution in [3.8, 4) is 5.75 Å². The topological polar surface area (TPSA) is 114 Å². The summed E-state index contributed by atoms with van der Waals surface area (Å²) in [6.07, 6.45) is 3.04. The number of carbonyl (C=O) groups excluding carboxylic acids is 1. The monoisotopic (exact) mass is 424 g/mol. The van der Waals surface area contributed by atoms with Gasteiger partial charge >= 0.3 is 169 Å². The average Bonchev–Trinajstić information content (AvgIpc) is 3.14. The molecule has 0 saturated heterocycles. The minimum atomic E-state index is -3.32. The van der Waals surface area contributed by atoms with Crippen molar-refractivity contribution in [2.75, 3.05) is 32.3 Å². The molecule has 1 spiro atoms. The summed E-state index contributed by atoms with van der Waals surface area (Å²) in [5.74, 6) is -0.592. The molecule has 3 rings (SSSR count). The van der Waals surface area contributed by atoms with Crippen LogP contribution in [0.3, 0.4) is 0 Å². The van der Waals surface area contributed by atoms with Crippen LogP contribution in [0, 0.1) is 5.31 Å². The average molecular weight is 424 g/mol. The summed E-state index contributed by atoms with van der Waals surface area (Å²) in [5.41, 5.74) is -1.53. The third kappa shape index (κ3) is 3.35. The first-order valence-electron chi connectivity index (χ1n) is 9.58. The number of rotatable bonds is 7. The van der Waals surface area contributed by atoms with Crippen molar-refractivity contribution in [2.45, 2.75) is 44.4 Å². The second kappa shape index (κ2) is 8.05. The number of nitrogens with one attached hydrogen (secondary N) is 1. The van der Waals surface area contributed by atoms with Gasteiger partial charge in [0.05, 0.1) is 0 Å². The number of amides is 1. The molecule has 1 aliphatic carbocycles. The quantitative estimate of drug-likeness (QED) is 0.524. The van der Waals surface area contributed by atoms with Crippen molar-refractivity contribution in [3.63, 3.8) is 0 Å². The van der Waals surface area contributed by atoms with Crippen molar-refractivity contribution in [1.82, 2.24) is 9.58 Å². The van der Waals surface area contributed by atoms with Gasteiger partial charge in [0.1, 0.15) is 0 Å². The van der Waals surface area contributed by atoms with E-state index in [1.165, 1.54) is 12.3 Å². The summed E-state index contributed by atoms with van der Waals surface area (Å²) < 4.78 is 31.0. The molecule has 29 heavy (non-hydrogen) atoms. The van der Waals surface area contributed by atoms with E-state index in [9.17, 15) is 14.2 Å². The SMILES string of the molecule is CCOP(=O)(OCC)[C@@H]1CCC2(C1)N(C)C(=O)c1c(OB=N)c(=O)ccn1N2C. The van der Waals surface area contributed by atoms with E-state index < -0.39 is 24.6 Å². The van der Waals surface area contributed by atoms with E-state index in [2.05, 4.69) is 0 Å². The molecular weight excluding hydrogens is 398 g/mol. The Morgan fingerprint density at radius 3 is 2.52 bits per heavy atom. The first kappa shape index (κ1) is 21.7. The summed E-state index contributed by atoms with van der Waals surface area (Å²) in [6.45, 7) is 4.10. The van der Waals surface area contributed by atoms with E-state index in [4.69, 9.17) is 19.0 Å². The molecule has 1 aromatic rings. The molecule has 2 aliphatic rings. The fraction of sp³-hybridized carbons (Fsp3) is 0.647. The van der Waals surface area contributed by atoms with E-state index in [0.717, 1.165) is 0 Å². The van der Waals surface area contributed by atoms with Crippen LogP contribution >= 0.6 is 7.60 Å². The third-order valence-corrected chi connectivity index (χ3v) is 8.35. The Bertz CT molecular complexity index is 914. The zero-order chi connectivity index (χ0) is 21.4. The Labute approximate surface area is 170 Å². The summed E-state index contributed by atoms with van der Waals surface area (Å²) in [6, 6.07) is 1.29. The Kier molecular flexibility index (Phi) is 6.03. The Morgan fingerprint density at radius 1 is 1.28 bits per heavy atom. The van der Waals surface area contributed by atoms with E-state index in [-0.39, 0.29) is 30.3 Å². The molecule has 0 radical (unpaired) electrons. The number of hydrogen-bond donors (Lipinski definition) is 1. The predicted octanol–water partition coefficient (Wildman–Crippen LogP) is 1.78. The van der Waals surface area contributed by atoms with Crippen LogP contribution in [0.4, 0.5) is 0 Å². The molecule has 10 nitrogen and oxygen atoms in total. The number of hydrogen-bond acceptors (Lipinski definition) is 8. The van der Waals surface area contributed by atoms with Crippen LogP contribution in [0.25, 0.3) is 0 Å².